The lowest BCUT2D eigenvalue weighted by molar-refractivity contribution is -0.138. The number of hydrogen-bond donors (Lipinski definition) is 1. The first kappa shape index (κ1) is 23.5. The summed E-state index contributed by atoms with van der Waals surface area (Å²) < 4.78 is 5.47. The monoisotopic (exact) mass is 475 g/mol. The van der Waals surface area contributed by atoms with Crippen LogP contribution in [0.2, 0.25) is 5.02 Å². The van der Waals surface area contributed by atoms with Crippen LogP contribution in [0.1, 0.15) is 49.3 Å². The SMILES string of the molecule is CCCC1=C(C(=O)OCC)C(c2ccccc2Cl)c2c[nH]nc2N1C(=O)C=Cc1ccccc1. The highest BCUT2D eigenvalue weighted by atomic mass is 35.5. The van der Waals surface area contributed by atoms with Gasteiger partial charge in [0.15, 0.2) is 5.82 Å². The number of ether oxygens (including phenoxy) is 1. The number of fused-ring (bicyclic) bond motifs is 1. The molecule has 0 spiro atoms. The zero-order chi connectivity index (χ0) is 24.1. The van der Waals surface area contributed by atoms with Gasteiger partial charge >= 0.3 is 5.97 Å². The van der Waals surface area contributed by atoms with Gasteiger partial charge in [-0.2, -0.15) is 5.10 Å². The Morgan fingerprint density at radius 3 is 2.53 bits per heavy atom. The minimum Gasteiger partial charge on any atom is -0.463 e. The van der Waals surface area contributed by atoms with Crippen molar-refractivity contribution in [3.63, 3.8) is 0 Å². The Hall–Kier alpha value is -3.64. The molecule has 1 atom stereocenters. The van der Waals surface area contributed by atoms with Crippen molar-refractivity contribution in [2.24, 2.45) is 0 Å². The van der Waals surface area contributed by atoms with Crippen molar-refractivity contribution in [1.29, 1.82) is 0 Å². The highest BCUT2D eigenvalue weighted by molar-refractivity contribution is 6.31. The molecule has 34 heavy (non-hydrogen) atoms. The number of halogens is 1. The molecule has 0 radical (unpaired) electrons. The smallest absolute Gasteiger partial charge is 0.336 e. The molecule has 2 aromatic carbocycles. The molecule has 1 aromatic heterocycles. The van der Waals surface area contributed by atoms with Crippen molar-refractivity contribution >= 4 is 35.4 Å². The van der Waals surface area contributed by atoms with Gasteiger partial charge in [0.1, 0.15) is 0 Å². The molecule has 4 rings (SSSR count). The number of carbonyl (C=O) groups excluding carboxylic acids is 2. The van der Waals surface area contributed by atoms with Crippen LogP contribution >= 0.6 is 11.6 Å². The van der Waals surface area contributed by atoms with Gasteiger partial charge in [0.2, 0.25) is 0 Å². The Bertz CT molecular complexity index is 1250. The number of aromatic amines is 1. The fourth-order valence-electron chi connectivity index (χ4n) is 4.26. The van der Waals surface area contributed by atoms with E-state index in [4.69, 9.17) is 16.3 Å². The van der Waals surface area contributed by atoms with Crippen LogP contribution in [0.3, 0.4) is 0 Å². The van der Waals surface area contributed by atoms with Crippen LogP contribution in [-0.4, -0.2) is 28.7 Å². The first-order chi connectivity index (χ1) is 16.6. The van der Waals surface area contributed by atoms with Crippen molar-refractivity contribution in [2.75, 3.05) is 11.5 Å². The van der Waals surface area contributed by atoms with E-state index in [9.17, 15) is 9.59 Å². The molecule has 0 fully saturated rings. The van der Waals surface area contributed by atoms with Crippen LogP contribution < -0.4 is 4.90 Å². The van der Waals surface area contributed by atoms with E-state index >= 15 is 0 Å². The van der Waals surface area contributed by atoms with Crippen LogP contribution in [0.4, 0.5) is 5.82 Å². The Morgan fingerprint density at radius 2 is 1.82 bits per heavy atom. The molecule has 1 N–H and O–H groups in total. The Kier molecular flexibility index (Phi) is 7.28. The van der Waals surface area contributed by atoms with Gasteiger partial charge in [-0.25, -0.2) is 4.79 Å². The van der Waals surface area contributed by atoms with Gasteiger partial charge < -0.3 is 4.74 Å². The third-order valence-corrected chi connectivity index (χ3v) is 6.02. The largest absolute Gasteiger partial charge is 0.463 e. The second kappa shape index (κ2) is 10.5. The predicted octanol–water partition coefficient (Wildman–Crippen LogP) is 5.87. The van der Waals surface area contributed by atoms with Gasteiger partial charge in [0, 0.05) is 34.5 Å². The average molecular weight is 476 g/mol. The van der Waals surface area contributed by atoms with E-state index < -0.39 is 11.9 Å². The summed E-state index contributed by atoms with van der Waals surface area (Å²) in [5, 5.41) is 7.82. The van der Waals surface area contributed by atoms with E-state index in [2.05, 4.69) is 10.2 Å². The number of anilines is 1. The standard InChI is InChI=1S/C27H26ClN3O3/c1-3-10-22-25(27(33)34-4-2)24(19-13-8-9-14-21(19)28)20-17-29-30-26(20)31(22)23(32)16-15-18-11-6-5-7-12-18/h5-9,11-17,24H,3-4,10H2,1-2H3,(H,29,30). The summed E-state index contributed by atoms with van der Waals surface area (Å²) in [5.41, 5.74) is 3.34. The van der Waals surface area contributed by atoms with Gasteiger partial charge in [0.25, 0.3) is 5.91 Å². The molecule has 1 aliphatic rings. The van der Waals surface area contributed by atoms with Crippen LogP contribution in [0.15, 0.2) is 78.1 Å². The molecular formula is C27H26ClN3O3. The molecule has 174 valence electrons. The number of esters is 1. The average Bonchev–Trinajstić information content (AvgIpc) is 3.32. The van der Waals surface area contributed by atoms with Crippen molar-refractivity contribution in [3.05, 3.63) is 99.9 Å². The van der Waals surface area contributed by atoms with Crippen molar-refractivity contribution in [2.45, 2.75) is 32.6 Å². The molecule has 0 saturated heterocycles. The summed E-state index contributed by atoms with van der Waals surface area (Å²) in [4.78, 5) is 28.4. The molecule has 0 saturated carbocycles. The maximum absolute atomic E-state index is 13.5. The van der Waals surface area contributed by atoms with Crippen molar-refractivity contribution in [1.82, 2.24) is 10.2 Å². The molecule has 6 nitrogen and oxygen atoms in total. The van der Waals surface area contributed by atoms with E-state index in [0.29, 0.717) is 34.1 Å². The van der Waals surface area contributed by atoms with Gasteiger partial charge in [-0.05, 0) is 36.6 Å². The quantitative estimate of drug-likeness (QED) is 0.342. The van der Waals surface area contributed by atoms with E-state index in [1.54, 1.807) is 25.3 Å². The Balaban J connectivity index is 1.90. The first-order valence-electron chi connectivity index (χ1n) is 11.3. The first-order valence-corrected chi connectivity index (χ1v) is 11.7. The lowest BCUT2D eigenvalue weighted by Crippen LogP contribution is -2.37. The van der Waals surface area contributed by atoms with Gasteiger partial charge in [-0.3, -0.25) is 14.8 Å². The molecule has 0 bridgehead atoms. The van der Waals surface area contributed by atoms with E-state index in [-0.39, 0.29) is 12.5 Å². The van der Waals surface area contributed by atoms with Crippen LogP contribution in [-0.2, 0) is 14.3 Å². The number of aromatic nitrogens is 2. The maximum atomic E-state index is 13.5. The van der Waals surface area contributed by atoms with Gasteiger partial charge in [0.05, 0.1) is 12.2 Å². The van der Waals surface area contributed by atoms with E-state index in [1.165, 1.54) is 11.0 Å². The molecule has 0 aliphatic carbocycles. The summed E-state index contributed by atoms with van der Waals surface area (Å²) in [7, 11) is 0. The summed E-state index contributed by atoms with van der Waals surface area (Å²) >= 11 is 6.58. The number of allylic oxidation sites excluding steroid dienone is 1. The fourth-order valence-corrected chi connectivity index (χ4v) is 4.50. The Labute approximate surface area is 203 Å². The number of H-pyrrole nitrogens is 1. The molecule has 1 aliphatic heterocycles. The van der Waals surface area contributed by atoms with Crippen LogP contribution in [0.5, 0.6) is 0 Å². The van der Waals surface area contributed by atoms with Crippen LogP contribution in [0, 0.1) is 0 Å². The minimum absolute atomic E-state index is 0.219. The zero-order valence-electron chi connectivity index (χ0n) is 19.1. The number of nitrogens with zero attached hydrogens (tertiary/aromatic N) is 2. The normalized spacial score (nSPS) is 15.5. The number of rotatable bonds is 7. The second-order valence-corrected chi connectivity index (χ2v) is 8.27. The van der Waals surface area contributed by atoms with Crippen LogP contribution in [0.25, 0.3) is 6.08 Å². The number of amides is 1. The topological polar surface area (TPSA) is 75.3 Å². The lowest BCUT2D eigenvalue weighted by Gasteiger charge is -2.34. The van der Waals surface area contributed by atoms with Crippen molar-refractivity contribution < 1.29 is 14.3 Å². The summed E-state index contributed by atoms with van der Waals surface area (Å²) in [5.74, 6) is -0.804. The number of hydrogen-bond acceptors (Lipinski definition) is 4. The lowest BCUT2D eigenvalue weighted by atomic mass is 9.81. The highest BCUT2D eigenvalue weighted by Crippen LogP contribution is 2.47. The molecule has 1 amide bonds. The predicted molar refractivity (Wildman–Crippen MR) is 133 cm³/mol. The summed E-state index contributed by atoms with van der Waals surface area (Å²) in [6.45, 7) is 3.99. The van der Waals surface area contributed by atoms with E-state index in [1.807, 2.05) is 55.5 Å². The number of carbonyl (C=O) groups is 2. The zero-order valence-corrected chi connectivity index (χ0v) is 19.9. The summed E-state index contributed by atoms with van der Waals surface area (Å²) in [6, 6.07) is 17.0. The molecule has 3 aromatic rings. The molecular weight excluding hydrogens is 450 g/mol. The second-order valence-electron chi connectivity index (χ2n) is 7.87. The number of benzene rings is 2. The number of nitrogens with one attached hydrogen (secondary N) is 1. The third kappa shape index (κ3) is 4.54. The fraction of sp³-hybridized carbons (Fsp3) is 0.222. The van der Waals surface area contributed by atoms with Gasteiger partial charge in [-0.15, -0.1) is 0 Å². The van der Waals surface area contributed by atoms with Crippen molar-refractivity contribution in [3.8, 4) is 0 Å². The van der Waals surface area contributed by atoms with E-state index in [0.717, 1.165) is 17.5 Å². The highest BCUT2D eigenvalue weighted by Gasteiger charge is 2.41. The molecule has 1 unspecified atom stereocenters. The summed E-state index contributed by atoms with van der Waals surface area (Å²) in [6.07, 6.45) is 6.18. The maximum Gasteiger partial charge on any atom is 0.336 e. The van der Waals surface area contributed by atoms with Gasteiger partial charge in [-0.1, -0.05) is 73.5 Å². The third-order valence-electron chi connectivity index (χ3n) is 5.68. The Morgan fingerprint density at radius 1 is 1.09 bits per heavy atom. The molecule has 7 heteroatoms. The minimum atomic E-state index is -0.509. The molecule has 2 heterocycles.